The van der Waals surface area contributed by atoms with Crippen molar-refractivity contribution in [2.45, 2.75) is 25.7 Å². The van der Waals surface area contributed by atoms with Crippen molar-refractivity contribution >= 4 is 17.2 Å². The van der Waals surface area contributed by atoms with Crippen LogP contribution in [0.3, 0.4) is 0 Å². The Morgan fingerprint density at radius 1 is 1.36 bits per heavy atom. The van der Waals surface area contributed by atoms with Crippen LogP contribution in [-0.2, 0) is 11.2 Å². The van der Waals surface area contributed by atoms with Gasteiger partial charge in [-0.05, 0) is 41.7 Å². The molecule has 0 saturated carbocycles. The van der Waals surface area contributed by atoms with E-state index in [0.29, 0.717) is 12.3 Å². The van der Waals surface area contributed by atoms with E-state index in [1.807, 2.05) is 16.3 Å². The zero-order valence-electron chi connectivity index (χ0n) is 8.24. The summed E-state index contributed by atoms with van der Waals surface area (Å²) in [7, 11) is 0. The number of carbonyl (C=O) groups excluding carboxylic acids is 1. The lowest BCUT2D eigenvalue weighted by Crippen LogP contribution is -2.36. The summed E-state index contributed by atoms with van der Waals surface area (Å²) >= 11 is 1.66. The van der Waals surface area contributed by atoms with E-state index in [1.54, 1.807) is 11.3 Å². The van der Waals surface area contributed by atoms with E-state index >= 15 is 0 Å². The molecule has 2 nitrogen and oxygen atoms in total. The number of piperidine rings is 1. The molecule has 1 aromatic heterocycles. The molecule has 14 heavy (non-hydrogen) atoms. The van der Waals surface area contributed by atoms with Crippen molar-refractivity contribution in [2.24, 2.45) is 0 Å². The molecule has 76 valence electrons. The monoisotopic (exact) mass is 209 g/mol. The minimum Gasteiger partial charge on any atom is -0.342 e. The predicted molar refractivity (Wildman–Crippen MR) is 58.5 cm³/mol. The van der Waals surface area contributed by atoms with Gasteiger partial charge in [0.05, 0.1) is 6.42 Å². The lowest BCUT2D eigenvalue weighted by molar-refractivity contribution is -0.131. The highest BCUT2D eigenvalue weighted by molar-refractivity contribution is 7.07. The third-order valence-electron chi connectivity index (χ3n) is 2.64. The van der Waals surface area contributed by atoms with Crippen LogP contribution < -0.4 is 0 Å². The third-order valence-corrected chi connectivity index (χ3v) is 3.38. The van der Waals surface area contributed by atoms with E-state index in [2.05, 4.69) is 5.38 Å². The highest BCUT2D eigenvalue weighted by Crippen LogP contribution is 2.12. The van der Waals surface area contributed by atoms with Crippen LogP contribution in [0.2, 0.25) is 0 Å². The number of hydrogen-bond acceptors (Lipinski definition) is 2. The van der Waals surface area contributed by atoms with Gasteiger partial charge in [-0.3, -0.25) is 4.79 Å². The Kier molecular flexibility index (Phi) is 3.19. The SMILES string of the molecule is O=C(Cc1ccsc1)N1CCCCC1. The molecule has 0 bridgehead atoms. The summed E-state index contributed by atoms with van der Waals surface area (Å²) in [5.74, 6) is 0.295. The fraction of sp³-hybridized carbons (Fsp3) is 0.545. The number of carbonyl (C=O) groups is 1. The van der Waals surface area contributed by atoms with Crippen LogP contribution in [0.15, 0.2) is 16.8 Å². The molecule has 1 amide bonds. The molecule has 0 spiro atoms. The number of rotatable bonds is 2. The van der Waals surface area contributed by atoms with Crippen molar-refractivity contribution in [2.75, 3.05) is 13.1 Å². The summed E-state index contributed by atoms with van der Waals surface area (Å²) in [4.78, 5) is 13.8. The van der Waals surface area contributed by atoms with Gasteiger partial charge in [0.25, 0.3) is 0 Å². The molecule has 0 unspecified atom stereocenters. The maximum atomic E-state index is 11.8. The molecule has 2 rings (SSSR count). The topological polar surface area (TPSA) is 20.3 Å². The van der Waals surface area contributed by atoms with Gasteiger partial charge < -0.3 is 4.90 Å². The fourth-order valence-corrected chi connectivity index (χ4v) is 2.49. The van der Waals surface area contributed by atoms with Crippen molar-refractivity contribution in [1.82, 2.24) is 4.90 Å². The third kappa shape index (κ3) is 2.35. The summed E-state index contributed by atoms with van der Waals surface area (Å²) in [6, 6.07) is 2.03. The first-order valence-corrected chi connectivity index (χ1v) is 6.09. The van der Waals surface area contributed by atoms with Crippen LogP contribution in [0.25, 0.3) is 0 Å². The van der Waals surface area contributed by atoms with E-state index in [0.717, 1.165) is 18.7 Å². The Balaban J connectivity index is 1.88. The molecule has 0 N–H and O–H groups in total. The van der Waals surface area contributed by atoms with Crippen LogP contribution in [0.1, 0.15) is 24.8 Å². The van der Waals surface area contributed by atoms with Crippen molar-refractivity contribution < 1.29 is 4.79 Å². The molecule has 1 saturated heterocycles. The molecule has 3 heteroatoms. The van der Waals surface area contributed by atoms with E-state index < -0.39 is 0 Å². The Hall–Kier alpha value is -0.830. The Bertz CT molecular complexity index is 288. The average molecular weight is 209 g/mol. The second kappa shape index (κ2) is 4.60. The summed E-state index contributed by atoms with van der Waals surface area (Å²) in [6.45, 7) is 1.92. The normalized spacial score (nSPS) is 17.0. The van der Waals surface area contributed by atoms with Gasteiger partial charge in [-0.15, -0.1) is 0 Å². The molecule has 0 atom stereocenters. The molecule has 1 aromatic rings. The Labute approximate surface area is 88.5 Å². The second-order valence-electron chi connectivity index (χ2n) is 3.75. The second-order valence-corrected chi connectivity index (χ2v) is 4.53. The largest absolute Gasteiger partial charge is 0.342 e. The van der Waals surface area contributed by atoms with Crippen molar-refractivity contribution in [1.29, 1.82) is 0 Å². The molecule has 1 aliphatic rings. The van der Waals surface area contributed by atoms with Gasteiger partial charge >= 0.3 is 0 Å². The zero-order valence-corrected chi connectivity index (χ0v) is 9.05. The number of amides is 1. The van der Waals surface area contributed by atoms with Gasteiger partial charge in [0.1, 0.15) is 0 Å². The number of hydrogen-bond donors (Lipinski definition) is 0. The summed E-state index contributed by atoms with van der Waals surface area (Å²) in [5.41, 5.74) is 1.16. The minimum atomic E-state index is 0.295. The lowest BCUT2D eigenvalue weighted by Gasteiger charge is -2.26. The van der Waals surface area contributed by atoms with Crippen LogP contribution in [0, 0.1) is 0 Å². The number of nitrogens with zero attached hydrogens (tertiary/aromatic N) is 1. The van der Waals surface area contributed by atoms with Crippen LogP contribution in [0.5, 0.6) is 0 Å². The molecular formula is C11H15NOS. The van der Waals surface area contributed by atoms with E-state index in [-0.39, 0.29) is 0 Å². The predicted octanol–water partition coefficient (Wildman–Crippen LogP) is 2.30. The molecule has 0 radical (unpaired) electrons. The zero-order chi connectivity index (χ0) is 9.80. The lowest BCUT2D eigenvalue weighted by atomic mass is 10.1. The Morgan fingerprint density at radius 3 is 2.79 bits per heavy atom. The van der Waals surface area contributed by atoms with Gasteiger partial charge in [-0.2, -0.15) is 11.3 Å². The van der Waals surface area contributed by atoms with Crippen molar-refractivity contribution in [3.63, 3.8) is 0 Å². The van der Waals surface area contributed by atoms with E-state index in [9.17, 15) is 4.79 Å². The summed E-state index contributed by atoms with van der Waals surface area (Å²) in [6.07, 6.45) is 4.22. The number of likely N-dealkylation sites (tertiary alicyclic amines) is 1. The molecule has 0 aliphatic carbocycles. The molecule has 1 aliphatic heterocycles. The highest BCUT2D eigenvalue weighted by atomic mass is 32.1. The fourth-order valence-electron chi connectivity index (χ4n) is 1.82. The average Bonchev–Trinajstić information content (AvgIpc) is 2.72. The van der Waals surface area contributed by atoms with Crippen molar-refractivity contribution in [3.8, 4) is 0 Å². The molecule has 2 heterocycles. The smallest absolute Gasteiger partial charge is 0.227 e. The summed E-state index contributed by atoms with van der Waals surface area (Å²) < 4.78 is 0. The first-order valence-electron chi connectivity index (χ1n) is 5.15. The molecule has 1 fully saturated rings. The summed E-state index contributed by atoms with van der Waals surface area (Å²) in [5, 5.41) is 4.08. The van der Waals surface area contributed by atoms with Gasteiger partial charge in [-0.25, -0.2) is 0 Å². The minimum absolute atomic E-state index is 0.295. The first kappa shape index (κ1) is 9.71. The quantitative estimate of drug-likeness (QED) is 0.732. The maximum Gasteiger partial charge on any atom is 0.227 e. The van der Waals surface area contributed by atoms with Gasteiger partial charge in [-0.1, -0.05) is 0 Å². The van der Waals surface area contributed by atoms with Crippen molar-refractivity contribution in [3.05, 3.63) is 22.4 Å². The highest BCUT2D eigenvalue weighted by Gasteiger charge is 2.16. The van der Waals surface area contributed by atoms with E-state index in [4.69, 9.17) is 0 Å². The maximum absolute atomic E-state index is 11.8. The van der Waals surface area contributed by atoms with Crippen LogP contribution >= 0.6 is 11.3 Å². The van der Waals surface area contributed by atoms with Gasteiger partial charge in [0.15, 0.2) is 0 Å². The standard InChI is InChI=1S/C11H15NOS/c13-11(8-10-4-7-14-9-10)12-5-2-1-3-6-12/h4,7,9H,1-3,5-6,8H2. The molecule has 0 aromatic carbocycles. The van der Waals surface area contributed by atoms with Gasteiger partial charge in [0.2, 0.25) is 5.91 Å². The van der Waals surface area contributed by atoms with E-state index in [1.165, 1.54) is 19.3 Å². The number of thiophene rings is 1. The van der Waals surface area contributed by atoms with Crippen LogP contribution in [0.4, 0.5) is 0 Å². The van der Waals surface area contributed by atoms with Gasteiger partial charge in [0, 0.05) is 13.1 Å². The van der Waals surface area contributed by atoms with Crippen LogP contribution in [-0.4, -0.2) is 23.9 Å². The Morgan fingerprint density at radius 2 is 2.14 bits per heavy atom. The molecular weight excluding hydrogens is 194 g/mol. The first-order chi connectivity index (χ1) is 6.86.